The van der Waals surface area contributed by atoms with Crippen molar-refractivity contribution in [2.45, 2.75) is 72.3 Å². The molecule has 0 radical (unpaired) electrons. The maximum Gasteiger partial charge on any atom is 0.0594 e. The van der Waals surface area contributed by atoms with E-state index in [9.17, 15) is 5.11 Å². The highest BCUT2D eigenvalue weighted by atomic mass is 16.3. The maximum absolute atomic E-state index is 10.4. The van der Waals surface area contributed by atoms with Crippen molar-refractivity contribution in [1.82, 2.24) is 0 Å². The van der Waals surface area contributed by atoms with Crippen LogP contribution in [0.5, 0.6) is 0 Å². The van der Waals surface area contributed by atoms with Gasteiger partial charge in [-0.05, 0) is 74.0 Å². The highest BCUT2D eigenvalue weighted by Gasteiger charge is 2.57. The Hall–Kier alpha value is -0.300. The van der Waals surface area contributed by atoms with Crippen molar-refractivity contribution in [3.63, 3.8) is 0 Å². The zero-order valence-electron chi connectivity index (χ0n) is 13.1. The second kappa shape index (κ2) is 4.35. The van der Waals surface area contributed by atoms with Crippen LogP contribution in [-0.4, -0.2) is 11.2 Å². The lowest BCUT2D eigenvalue weighted by atomic mass is 9.44. The molecule has 3 aliphatic carbocycles. The van der Waals surface area contributed by atoms with Gasteiger partial charge in [0.25, 0.3) is 0 Å². The highest BCUT2D eigenvalue weighted by Crippen LogP contribution is 2.63. The van der Waals surface area contributed by atoms with E-state index < -0.39 is 0 Å². The van der Waals surface area contributed by atoms with Gasteiger partial charge in [-0.3, -0.25) is 0 Å². The molecule has 3 rings (SSSR count). The van der Waals surface area contributed by atoms with E-state index in [1.807, 2.05) is 0 Å². The summed E-state index contributed by atoms with van der Waals surface area (Å²) < 4.78 is 0. The average molecular weight is 262 g/mol. The van der Waals surface area contributed by atoms with Crippen LogP contribution in [0.1, 0.15) is 66.2 Å². The van der Waals surface area contributed by atoms with Gasteiger partial charge in [0.2, 0.25) is 0 Å². The molecule has 0 spiro atoms. The standard InChI is InChI=1S/C18H30O/c1-12-5-7-14-13(11-12)6-8-15-17(2,3)16(19)9-10-18(14,15)4/h11,13-16,19H,5-10H2,1-4H3/t13-,14+,15+,16+,18-/m1/s1. The van der Waals surface area contributed by atoms with Crippen LogP contribution in [-0.2, 0) is 0 Å². The van der Waals surface area contributed by atoms with E-state index in [1.54, 1.807) is 5.57 Å². The number of aliphatic hydroxyl groups is 1. The molecule has 1 N–H and O–H groups in total. The summed E-state index contributed by atoms with van der Waals surface area (Å²) in [5, 5.41) is 10.4. The summed E-state index contributed by atoms with van der Waals surface area (Å²) in [6.45, 7) is 9.46. The number of rotatable bonds is 0. The van der Waals surface area contributed by atoms with E-state index in [0.717, 1.165) is 18.3 Å². The van der Waals surface area contributed by atoms with E-state index in [2.05, 4.69) is 33.8 Å². The van der Waals surface area contributed by atoms with Crippen molar-refractivity contribution in [3.8, 4) is 0 Å². The molecular weight excluding hydrogens is 232 g/mol. The normalized spacial score (nSPS) is 49.0. The van der Waals surface area contributed by atoms with Crippen molar-refractivity contribution >= 4 is 0 Å². The van der Waals surface area contributed by atoms with Gasteiger partial charge in [0.1, 0.15) is 0 Å². The molecule has 0 aromatic heterocycles. The third-order valence-electron chi connectivity index (χ3n) is 7.01. The lowest BCUT2D eigenvalue weighted by Gasteiger charge is -2.61. The maximum atomic E-state index is 10.4. The SMILES string of the molecule is CC1=C[C@H]2CC[C@H]3C(C)(C)[C@@H](O)CC[C@]3(C)[C@H]2CC1. The van der Waals surface area contributed by atoms with E-state index in [0.29, 0.717) is 11.3 Å². The fourth-order valence-electron chi connectivity index (χ4n) is 5.85. The Morgan fingerprint density at radius 1 is 1.11 bits per heavy atom. The quantitative estimate of drug-likeness (QED) is 0.635. The van der Waals surface area contributed by atoms with Gasteiger partial charge in [-0.2, -0.15) is 0 Å². The Balaban J connectivity index is 1.94. The minimum Gasteiger partial charge on any atom is -0.393 e. The topological polar surface area (TPSA) is 20.2 Å². The van der Waals surface area contributed by atoms with Gasteiger partial charge >= 0.3 is 0 Å². The van der Waals surface area contributed by atoms with E-state index in [1.165, 1.54) is 32.1 Å². The summed E-state index contributed by atoms with van der Waals surface area (Å²) in [5.41, 5.74) is 2.18. The Kier molecular flexibility index (Phi) is 3.13. The molecule has 2 fully saturated rings. The Bertz CT molecular complexity index is 394. The zero-order chi connectivity index (χ0) is 13.8. The van der Waals surface area contributed by atoms with Gasteiger partial charge in [0, 0.05) is 0 Å². The minimum atomic E-state index is -0.0945. The first-order valence-electron chi connectivity index (χ1n) is 8.21. The lowest BCUT2D eigenvalue weighted by Crippen LogP contribution is -2.56. The van der Waals surface area contributed by atoms with Gasteiger partial charge in [-0.15, -0.1) is 0 Å². The van der Waals surface area contributed by atoms with Gasteiger partial charge in [-0.1, -0.05) is 32.4 Å². The summed E-state index contributed by atoms with van der Waals surface area (Å²) in [5.74, 6) is 2.39. The third kappa shape index (κ3) is 1.92. The summed E-state index contributed by atoms with van der Waals surface area (Å²) >= 11 is 0. The van der Waals surface area contributed by atoms with Crippen molar-refractivity contribution in [3.05, 3.63) is 11.6 Å². The largest absolute Gasteiger partial charge is 0.393 e. The number of fused-ring (bicyclic) bond motifs is 3. The van der Waals surface area contributed by atoms with E-state index in [-0.39, 0.29) is 11.5 Å². The van der Waals surface area contributed by atoms with Crippen molar-refractivity contribution in [1.29, 1.82) is 0 Å². The van der Waals surface area contributed by atoms with E-state index >= 15 is 0 Å². The van der Waals surface area contributed by atoms with Crippen LogP contribution >= 0.6 is 0 Å². The van der Waals surface area contributed by atoms with Crippen molar-refractivity contribution < 1.29 is 5.11 Å². The molecule has 0 unspecified atom stereocenters. The zero-order valence-corrected chi connectivity index (χ0v) is 13.1. The number of aliphatic hydroxyl groups excluding tert-OH is 1. The van der Waals surface area contributed by atoms with Gasteiger partial charge in [0.15, 0.2) is 0 Å². The fourth-order valence-corrected chi connectivity index (χ4v) is 5.85. The molecule has 0 bridgehead atoms. The van der Waals surface area contributed by atoms with Gasteiger partial charge in [-0.25, -0.2) is 0 Å². The third-order valence-corrected chi connectivity index (χ3v) is 7.01. The smallest absolute Gasteiger partial charge is 0.0594 e. The first-order valence-corrected chi connectivity index (χ1v) is 8.21. The van der Waals surface area contributed by atoms with Crippen LogP contribution in [0, 0.1) is 28.6 Å². The molecule has 0 heterocycles. The first-order chi connectivity index (χ1) is 8.85. The highest BCUT2D eigenvalue weighted by molar-refractivity contribution is 5.15. The van der Waals surface area contributed by atoms with Crippen LogP contribution in [0.3, 0.4) is 0 Å². The summed E-state index contributed by atoms with van der Waals surface area (Å²) in [6.07, 6.45) is 10.1. The summed E-state index contributed by atoms with van der Waals surface area (Å²) in [6, 6.07) is 0. The first kappa shape index (κ1) is 13.7. The Morgan fingerprint density at radius 3 is 2.58 bits per heavy atom. The second-order valence-corrected chi connectivity index (χ2v) is 8.33. The predicted molar refractivity (Wildman–Crippen MR) is 79.8 cm³/mol. The van der Waals surface area contributed by atoms with Crippen LogP contribution < -0.4 is 0 Å². The fraction of sp³-hybridized carbons (Fsp3) is 0.889. The molecule has 19 heavy (non-hydrogen) atoms. The number of hydrogen-bond acceptors (Lipinski definition) is 1. The Labute approximate surface area is 118 Å². The van der Waals surface area contributed by atoms with Crippen LogP contribution in [0.2, 0.25) is 0 Å². The molecular formula is C18H30O. The molecule has 0 amide bonds. The average Bonchev–Trinajstić information content (AvgIpc) is 2.34. The van der Waals surface area contributed by atoms with Gasteiger partial charge < -0.3 is 5.11 Å². The van der Waals surface area contributed by atoms with Gasteiger partial charge in [0.05, 0.1) is 6.10 Å². The summed E-state index contributed by atoms with van der Waals surface area (Å²) in [7, 11) is 0. The molecule has 3 aliphatic rings. The molecule has 1 nitrogen and oxygen atoms in total. The van der Waals surface area contributed by atoms with E-state index in [4.69, 9.17) is 0 Å². The van der Waals surface area contributed by atoms with Crippen molar-refractivity contribution in [2.75, 3.05) is 0 Å². The molecule has 0 aromatic rings. The predicted octanol–water partition coefficient (Wildman–Crippen LogP) is 4.56. The molecule has 2 saturated carbocycles. The molecule has 108 valence electrons. The van der Waals surface area contributed by atoms with Crippen LogP contribution in [0.25, 0.3) is 0 Å². The molecule has 5 atom stereocenters. The minimum absolute atomic E-state index is 0.0945. The number of hydrogen-bond donors (Lipinski definition) is 1. The second-order valence-electron chi connectivity index (χ2n) is 8.33. The number of allylic oxidation sites excluding steroid dienone is 2. The molecule has 0 saturated heterocycles. The van der Waals surface area contributed by atoms with Crippen molar-refractivity contribution in [2.24, 2.45) is 28.6 Å². The van der Waals surface area contributed by atoms with Crippen LogP contribution in [0.4, 0.5) is 0 Å². The Morgan fingerprint density at radius 2 is 1.84 bits per heavy atom. The molecule has 0 aromatic carbocycles. The molecule has 1 heteroatoms. The molecule has 0 aliphatic heterocycles. The van der Waals surface area contributed by atoms with Crippen LogP contribution in [0.15, 0.2) is 11.6 Å². The monoisotopic (exact) mass is 262 g/mol. The lowest BCUT2D eigenvalue weighted by molar-refractivity contribution is -0.147. The summed E-state index contributed by atoms with van der Waals surface area (Å²) in [4.78, 5) is 0.